The summed E-state index contributed by atoms with van der Waals surface area (Å²) >= 11 is 1.26. The van der Waals surface area contributed by atoms with Gasteiger partial charge in [0.05, 0.1) is 10.2 Å². The van der Waals surface area contributed by atoms with Crippen molar-refractivity contribution in [2.24, 2.45) is 5.92 Å². The van der Waals surface area contributed by atoms with E-state index in [1.165, 1.54) is 23.5 Å². The fourth-order valence-corrected chi connectivity index (χ4v) is 4.49. The molecule has 140 valence electrons. The number of nitrogens with zero attached hydrogens (tertiary/aromatic N) is 1. The van der Waals surface area contributed by atoms with Gasteiger partial charge in [-0.1, -0.05) is 23.5 Å². The molecule has 1 aromatic carbocycles. The second kappa shape index (κ2) is 7.01. The van der Waals surface area contributed by atoms with Gasteiger partial charge in [0.25, 0.3) is 4.91 Å². The van der Waals surface area contributed by atoms with E-state index in [9.17, 15) is 17.9 Å². The molecule has 2 aromatic rings. The standard InChI is InChI=1S/C18H15FN2O4S2/c19-12-4-7-14(8-5-12)27(23,24)25-13-6-9-15-16(10-13)26-18(20-15)21-17(22)11-2-1-3-11/h4-7,9-12H,1-3H2,(H-,20,21,22,23,24)/p+1. The maximum Gasteiger partial charge on any atom is 0.437 e. The molecule has 1 saturated carbocycles. The van der Waals surface area contributed by atoms with Crippen molar-refractivity contribution < 1.29 is 22.1 Å². The number of rotatable bonds is 5. The summed E-state index contributed by atoms with van der Waals surface area (Å²) in [6.07, 6.45) is 4.94. The van der Waals surface area contributed by atoms with Gasteiger partial charge in [-0.3, -0.25) is 4.79 Å². The summed E-state index contributed by atoms with van der Waals surface area (Å²) in [5, 5.41) is 3.30. The number of hydrogen-bond acceptors (Lipinski definition) is 5. The number of halogens is 1. The highest BCUT2D eigenvalue weighted by molar-refractivity contribution is 7.97. The molecule has 0 bridgehead atoms. The summed E-state index contributed by atoms with van der Waals surface area (Å²) in [7, 11) is -3.86. The van der Waals surface area contributed by atoms with E-state index in [4.69, 9.17) is 4.18 Å². The molecule has 1 heterocycles. The third-order valence-corrected chi connectivity index (χ3v) is 6.53. The molecule has 27 heavy (non-hydrogen) atoms. The maximum atomic E-state index is 13.0. The van der Waals surface area contributed by atoms with Crippen molar-refractivity contribution in [1.29, 1.82) is 0 Å². The highest BCUT2D eigenvalue weighted by atomic mass is 32.3. The molecule has 0 radical (unpaired) electrons. The first-order valence-corrected chi connectivity index (χ1v) is 10.6. The number of carbonyl (C=O) groups is 1. The number of benzene rings is 1. The van der Waals surface area contributed by atoms with Gasteiger partial charge < -0.3 is 5.32 Å². The predicted molar refractivity (Wildman–Crippen MR) is 103 cm³/mol. The van der Waals surface area contributed by atoms with Crippen LogP contribution < -0.4 is 9.50 Å². The number of alkyl halides is 1. The molecule has 2 atom stereocenters. The number of nitrogens with one attached hydrogen (secondary N) is 1. The first-order valence-electron chi connectivity index (χ1n) is 8.37. The molecule has 1 amide bonds. The average molecular weight is 407 g/mol. The summed E-state index contributed by atoms with van der Waals surface area (Å²) in [6, 6.07) is 4.75. The first kappa shape index (κ1) is 18.1. The van der Waals surface area contributed by atoms with Crippen molar-refractivity contribution >= 4 is 43.1 Å². The van der Waals surface area contributed by atoms with Crippen molar-refractivity contribution in [2.75, 3.05) is 5.32 Å². The molecule has 2 unspecified atom stereocenters. The van der Waals surface area contributed by atoms with Crippen LogP contribution in [0, 0.1) is 5.92 Å². The van der Waals surface area contributed by atoms with Gasteiger partial charge in [0.1, 0.15) is 6.17 Å². The van der Waals surface area contributed by atoms with E-state index in [0.29, 0.717) is 15.3 Å². The van der Waals surface area contributed by atoms with Crippen LogP contribution in [0.2, 0.25) is 0 Å². The molecule has 0 saturated heterocycles. The average Bonchev–Trinajstić information content (AvgIpc) is 2.94. The number of anilines is 1. The predicted octanol–water partition coefficient (Wildman–Crippen LogP) is 4.25. The Morgan fingerprint density at radius 3 is 2.93 bits per heavy atom. The van der Waals surface area contributed by atoms with Gasteiger partial charge in [-0.25, -0.2) is 13.6 Å². The lowest BCUT2D eigenvalue weighted by Crippen LogP contribution is -2.27. The van der Waals surface area contributed by atoms with Gasteiger partial charge in [-0.2, -0.15) is 0 Å². The maximum absolute atomic E-state index is 13.0. The Morgan fingerprint density at radius 2 is 2.26 bits per heavy atom. The van der Waals surface area contributed by atoms with E-state index in [-0.39, 0.29) is 22.5 Å². The van der Waals surface area contributed by atoms with E-state index in [0.717, 1.165) is 31.4 Å². The van der Waals surface area contributed by atoms with E-state index in [2.05, 4.69) is 16.0 Å². The summed E-state index contributed by atoms with van der Waals surface area (Å²) < 4.78 is 41.5. The lowest BCUT2D eigenvalue weighted by Gasteiger charge is -2.23. The Labute approximate surface area is 159 Å². The number of fused-ring (bicyclic) bond motifs is 1. The van der Waals surface area contributed by atoms with Gasteiger partial charge in [0, 0.05) is 24.1 Å². The van der Waals surface area contributed by atoms with Gasteiger partial charge >= 0.3 is 10.5 Å². The molecule has 2 N–H and O–H groups in total. The van der Waals surface area contributed by atoms with Crippen molar-refractivity contribution in [3.8, 4) is 5.75 Å². The number of allylic oxidation sites excluding steroid dienone is 2. The van der Waals surface area contributed by atoms with Crippen LogP contribution in [0.4, 0.5) is 9.52 Å². The van der Waals surface area contributed by atoms with E-state index in [1.807, 2.05) is 0 Å². The minimum atomic E-state index is -3.86. The molecule has 2 aliphatic rings. The van der Waals surface area contributed by atoms with Crippen LogP contribution in [0.15, 0.2) is 47.1 Å². The quantitative estimate of drug-likeness (QED) is 0.571. The van der Waals surface area contributed by atoms with Crippen molar-refractivity contribution in [2.45, 2.75) is 25.4 Å². The number of aromatic nitrogens is 1. The Morgan fingerprint density at radius 1 is 1.44 bits per heavy atom. The molecule has 1 fully saturated rings. The summed E-state index contributed by atoms with van der Waals surface area (Å²) in [5.41, 5.74) is 3.09. The second-order valence-corrected chi connectivity index (χ2v) is 8.89. The topological polar surface area (TPSA) is 88.5 Å². The van der Waals surface area contributed by atoms with Crippen molar-refractivity contribution in [1.82, 2.24) is 4.98 Å². The lowest BCUT2D eigenvalue weighted by molar-refractivity contribution is -0.122. The Bertz CT molecular complexity index is 1050. The van der Waals surface area contributed by atoms with Crippen LogP contribution >= 0.6 is 11.3 Å². The second-order valence-electron chi connectivity index (χ2n) is 6.30. The molecule has 9 heteroatoms. The zero-order valence-electron chi connectivity index (χ0n) is 14.1. The highest BCUT2D eigenvalue weighted by Gasteiger charge is 2.35. The van der Waals surface area contributed by atoms with Crippen LogP contribution in [-0.4, -0.2) is 21.6 Å². The summed E-state index contributed by atoms with van der Waals surface area (Å²) in [4.78, 5) is 16.3. The number of carbonyl (C=O) groups excluding carboxylic acids is 1. The molecule has 1 aromatic heterocycles. The number of amides is 1. The fourth-order valence-electron chi connectivity index (χ4n) is 2.67. The van der Waals surface area contributed by atoms with Crippen LogP contribution in [-0.2, 0) is 19.5 Å². The van der Waals surface area contributed by atoms with E-state index in [1.54, 1.807) is 12.1 Å². The molecule has 0 aliphatic heterocycles. The normalized spacial score (nSPS) is 21.4. The van der Waals surface area contributed by atoms with Gasteiger partial charge in [0.2, 0.25) is 5.91 Å². The molecule has 6 nitrogen and oxygen atoms in total. The fraction of sp³-hybridized carbons (Fsp3) is 0.278. The summed E-state index contributed by atoms with van der Waals surface area (Å²) in [6.45, 7) is 0. The summed E-state index contributed by atoms with van der Waals surface area (Å²) in [5.74, 6) is 0.202. The molecular formula is C18H16FN2O4S2+. The Kier molecular flexibility index (Phi) is 4.69. The smallest absolute Gasteiger partial charge is 0.302 e. The Balaban J connectivity index is 1.53. The zero-order chi connectivity index (χ0) is 19.0. The number of thiazole rings is 1. The molecular weight excluding hydrogens is 391 g/mol. The minimum Gasteiger partial charge on any atom is -0.302 e. The molecule has 2 aliphatic carbocycles. The molecule has 4 rings (SSSR count). The van der Waals surface area contributed by atoms with Crippen molar-refractivity contribution in [3.05, 3.63) is 47.1 Å². The van der Waals surface area contributed by atoms with Crippen molar-refractivity contribution in [3.63, 3.8) is 0 Å². The van der Waals surface area contributed by atoms with Gasteiger partial charge in [-0.05, 0) is 35.3 Å². The minimum absolute atomic E-state index is 0.0239. The third kappa shape index (κ3) is 3.86. The lowest BCUT2D eigenvalue weighted by atomic mass is 9.85. The Hall–Kier alpha value is -2.32. The number of hydrogen-bond donors (Lipinski definition) is 2. The van der Waals surface area contributed by atoms with Gasteiger partial charge in [-0.15, -0.1) is 4.55 Å². The molecule has 0 spiro atoms. The zero-order valence-corrected chi connectivity index (χ0v) is 15.7. The van der Waals surface area contributed by atoms with Gasteiger partial charge in [0.15, 0.2) is 10.9 Å². The van der Waals surface area contributed by atoms with Crippen LogP contribution in [0.25, 0.3) is 10.2 Å². The van der Waals surface area contributed by atoms with Crippen LogP contribution in [0.1, 0.15) is 19.3 Å². The van der Waals surface area contributed by atoms with Crippen LogP contribution in [0.3, 0.4) is 0 Å². The van der Waals surface area contributed by atoms with Crippen LogP contribution in [0.5, 0.6) is 5.75 Å². The van der Waals surface area contributed by atoms with E-state index >= 15 is 0 Å². The highest BCUT2D eigenvalue weighted by Crippen LogP contribution is 2.33. The first-order chi connectivity index (χ1) is 12.9. The monoisotopic (exact) mass is 407 g/mol. The third-order valence-electron chi connectivity index (χ3n) is 4.37. The van der Waals surface area contributed by atoms with E-state index < -0.39 is 16.7 Å². The largest absolute Gasteiger partial charge is 0.437 e. The SMILES string of the molecule is O=C(Nc1nc2ccc(O[S+](=O)(O)C3=C=CC(F)C=C3)cc2s1)C1CCC1.